The van der Waals surface area contributed by atoms with Crippen LogP contribution in [0.2, 0.25) is 0 Å². The second-order valence-corrected chi connectivity index (χ2v) is 8.21. The minimum atomic E-state index is -0.632. The highest BCUT2D eigenvalue weighted by atomic mass is 19.1. The van der Waals surface area contributed by atoms with Gasteiger partial charge in [-0.2, -0.15) is 5.10 Å². The fourth-order valence-electron chi connectivity index (χ4n) is 4.21. The van der Waals surface area contributed by atoms with E-state index in [0.29, 0.717) is 34.4 Å². The van der Waals surface area contributed by atoms with Crippen LogP contribution >= 0.6 is 0 Å². The van der Waals surface area contributed by atoms with E-state index in [1.54, 1.807) is 36.3 Å². The van der Waals surface area contributed by atoms with Gasteiger partial charge in [0, 0.05) is 41.6 Å². The lowest BCUT2D eigenvalue weighted by Gasteiger charge is -2.19. The van der Waals surface area contributed by atoms with Crippen molar-refractivity contribution in [3.8, 4) is 11.4 Å². The number of pyridine rings is 2. The monoisotopic (exact) mass is 453 g/mol. The Bertz CT molecular complexity index is 1490. The molecule has 0 saturated carbocycles. The average molecular weight is 454 g/mol. The van der Waals surface area contributed by atoms with Gasteiger partial charge in [-0.25, -0.2) is 14.4 Å². The highest BCUT2D eigenvalue weighted by Crippen LogP contribution is 2.36. The number of nitrogens with zero attached hydrogens (tertiary/aromatic N) is 5. The van der Waals surface area contributed by atoms with Crippen LogP contribution in [0.5, 0.6) is 0 Å². The lowest BCUT2D eigenvalue weighted by atomic mass is 9.91. The molecule has 0 amide bonds. The maximum atomic E-state index is 15.3. The number of benzene rings is 2. The molecule has 5 rings (SSSR count). The van der Waals surface area contributed by atoms with Crippen molar-refractivity contribution >= 4 is 22.3 Å². The summed E-state index contributed by atoms with van der Waals surface area (Å²) < 4.78 is 17.0. The van der Waals surface area contributed by atoms with Gasteiger partial charge in [0.05, 0.1) is 11.6 Å². The van der Waals surface area contributed by atoms with E-state index in [0.717, 1.165) is 28.3 Å². The molecule has 7 nitrogen and oxygen atoms in total. The summed E-state index contributed by atoms with van der Waals surface area (Å²) in [6.07, 6.45) is 4.14. The quantitative estimate of drug-likeness (QED) is 0.380. The Balaban J connectivity index is 1.76. The third-order valence-electron chi connectivity index (χ3n) is 5.97. The lowest BCUT2D eigenvalue weighted by Crippen LogP contribution is -2.14. The SMILES string of the molecule is CCc1ccc(F)c(C(c2cc3cc(N)ccc3c(N)n2)c2nc(-c3ccncc3)nn2C)c1. The molecule has 0 aliphatic heterocycles. The Kier molecular flexibility index (Phi) is 5.41. The molecule has 0 saturated heterocycles. The van der Waals surface area contributed by atoms with E-state index in [1.807, 2.05) is 43.3 Å². The van der Waals surface area contributed by atoms with Crippen molar-refractivity contribution in [2.75, 3.05) is 11.5 Å². The second kappa shape index (κ2) is 8.55. The van der Waals surface area contributed by atoms with Gasteiger partial charge < -0.3 is 11.5 Å². The molecule has 1 atom stereocenters. The van der Waals surface area contributed by atoms with Gasteiger partial charge >= 0.3 is 0 Å². The zero-order valence-electron chi connectivity index (χ0n) is 18.9. The molecule has 3 aromatic heterocycles. The number of hydrogen-bond acceptors (Lipinski definition) is 6. The Hall–Kier alpha value is -4.33. The van der Waals surface area contributed by atoms with Crippen molar-refractivity contribution in [3.05, 3.63) is 95.5 Å². The minimum absolute atomic E-state index is 0.344. The summed E-state index contributed by atoms with van der Waals surface area (Å²) in [7, 11) is 1.80. The summed E-state index contributed by atoms with van der Waals surface area (Å²) in [5, 5.41) is 6.22. The first kappa shape index (κ1) is 21.5. The van der Waals surface area contributed by atoms with Gasteiger partial charge in [0.25, 0.3) is 0 Å². The summed E-state index contributed by atoms with van der Waals surface area (Å²) in [6.45, 7) is 2.03. The van der Waals surface area contributed by atoms with Crippen LogP contribution < -0.4 is 11.5 Å². The molecule has 4 N–H and O–H groups in total. The number of anilines is 2. The molecule has 0 aliphatic carbocycles. The number of rotatable bonds is 5. The molecule has 8 heteroatoms. The van der Waals surface area contributed by atoms with Gasteiger partial charge in [-0.15, -0.1) is 0 Å². The molecule has 0 fully saturated rings. The molecular weight excluding hydrogens is 429 g/mol. The van der Waals surface area contributed by atoms with Crippen LogP contribution in [-0.2, 0) is 13.5 Å². The third-order valence-corrected chi connectivity index (χ3v) is 5.97. The standard InChI is InChI=1S/C26H24FN7/c1-3-15-4-7-21(27)20(12-15)23(22-14-17-13-18(28)5-6-19(17)24(29)31-22)26-32-25(33-34(26)2)16-8-10-30-11-9-16/h4-14,23H,3,28H2,1-2H3,(H2,29,31). The van der Waals surface area contributed by atoms with Crippen LogP contribution in [0.1, 0.15) is 35.5 Å². The van der Waals surface area contributed by atoms with Crippen LogP contribution in [0.25, 0.3) is 22.2 Å². The molecular formula is C26H24FN7. The van der Waals surface area contributed by atoms with E-state index in [9.17, 15) is 0 Å². The van der Waals surface area contributed by atoms with Crippen LogP contribution in [0.3, 0.4) is 0 Å². The smallest absolute Gasteiger partial charge is 0.181 e. The maximum Gasteiger partial charge on any atom is 0.181 e. The van der Waals surface area contributed by atoms with E-state index < -0.39 is 5.92 Å². The summed E-state index contributed by atoms with van der Waals surface area (Å²) >= 11 is 0. The van der Waals surface area contributed by atoms with Crippen LogP contribution in [0.4, 0.5) is 15.9 Å². The largest absolute Gasteiger partial charge is 0.399 e. The second-order valence-electron chi connectivity index (χ2n) is 8.21. The third kappa shape index (κ3) is 3.83. The van der Waals surface area contributed by atoms with E-state index >= 15 is 4.39 Å². The zero-order chi connectivity index (χ0) is 23.8. The number of halogens is 1. The first-order valence-electron chi connectivity index (χ1n) is 11.0. The van der Waals surface area contributed by atoms with E-state index in [2.05, 4.69) is 15.1 Å². The number of nitrogens with two attached hydrogens (primary N) is 2. The van der Waals surface area contributed by atoms with Crippen molar-refractivity contribution in [2.24, 2.45) is 7.05 Å². The molecule has 5 aromatic rings. The van der Waals surface area contributed by atoms with Gasteiger partial charge in [0.2, 0.25) is 0 Å². The van der Waals surface area contributed by atoms with Crippen LogP contribution in [-0.4, -0.2) is 24.7 Å². The topological polar surface area (TPSA) is 109 Å². The number of hydrogen-bond donors (Lipinski definition) is 2. The molecule has 170 valence electrons. The number of nitrogen functional groups attached to an aromatic ring is 2. The molecule has 0 aliphatic rings. The molecule has 0 radical (unpaired) electrons. The normalized spacial score (nSPS) is 12.2. The molecule has 2 aromatic carbocycles. The summed E-state index contributed by atoms with van der Waals surface area (Å²) in [5.74, 6) is 0.446. The fourth-order valence-corrected chi connectivity index (χ4v) is 4.21. The number of aromatic nitrogens is 5. The molecule has 34 heavy (non-hydrogen) atoms. The molecule has 0 bridgehead atoms. The van der Waals surface area contributed by atoms with Gasteiger partial charge in [0.15, 0.2) is 5.82 Å². The number of aryl methyl sites for hydroxylation is 2. The highest BCUT2D eigenvalue weighted by molar-refractivity contribution is 5.93. The Morgan fingerprint density at radius 1 is 0.971 bits per heavy atom. The van der Waals surface area contributed by atoms with E-state index in [4.69, 9.17) is 16.5 Å². The van der Waals surface area contributed by atoms with Crippen molar-refractivity contribution in [1.82, 2.24) is 24.7 Å². The summed E-state index contributed by atoms with van der Waals surface area (Å²) in [4.78, 5) is 13.6. The summed E-state index contributed by atoms with van der Waals surface area (Å²) in [5.41, 5.74) is 15.8. The van der Waals surface area contributed by atoms with Gasteiger partial charge in [0.1, 0.15) is 17.5 Å². The molecule has 1 unspecified atom stereocenters. The van der Waals surface area contributed by atoms with E-state index in [-0.39, 0.29) is 5.82 Å². The first-order chi connectivity index (χ1) is 16.4. The van der Waals surface area contributed by atoms with Gasteiger partial charge in [-0.05, 0) is 59.8 Å². The van der Waals surface area contributed by atoms with Crippen molar-refractivity contribution in [3.63, 3.8) is 0 Å². The van der Waals surface area contributed by atoms with Crippen LogP contribution in [0.15, 0.2) is 67.0 Å². The lowest BCUT2D eigenvalue weighted by molar-refractivity contribution is 0.591. The zero-order valence-corrected chi connectivity index (χ0v) is 18.9. The average Bonchev–Trinajstić information content (AvgIpc) is 3.22. The molecule has 0 spiro atoms. The fraction of sp³-hybridized carbons (Fsp3) is 0.154. The Morgan fingerprint density at radius 2 is 1.76 bits per heavy atom. The van der Waals surface area contributed by atoms with Crippen molar-refractivity contribution < 1.29 is 4.39 Å². The molecule has 3 heterocycles. The first-order valence-corrected chi connectivity index (χ1v) is 11.0. The predicted octanol–water partition coefficient (Wildman–Crippen LogP) is 4.47. The minimum Gasteiger partial charge on any atom is -0.399 e. The van der Waals surface area contributed by atoms with Crippen LogP contribution in [0, 0.1) is 5.82 Å². The van der Waals surface area contributed by atoms with E-state index in [1.165, 1.54) is 6.07 Å². The summed E-state index contributed by atoms with van der Waals surface area (Å²) in [6, 6.07) is 16.2. The van der Waals surface area contributed by atoms with Crippen molar-refractivity contribution in [1.29, 1.82) is 0 Å². The van der Waals surface area contributed by atoms with Gasteiger partial charge in [-0.3, -0.25) is 9.67 Å². The Labute approximate surface area is 196 Å². The van der Waals surface area contributed by atoms with Crippen molar-refractivity contribution in [2.45, 2.75) is 19.3 Å². The van der Waals surface area contributed by atoms with Gasteiger partial charge in [-0.1, -0.05) is 19.1 Å². The number of fused-ring (bicyclic) bond motifs is 1. The highest BCUT2D eigenvalue weighted by Gasteiger charge is 2.28. The maximum absolute atomic E-state index is 15.3. The predicted molar refractivity (Wildman–Crippen MR) is 132 cm³/mol. The Morgan fingerprint density at radius 3 is 2.53 bits per heavy atom.